The van der Waals surface area contributed by atoms with Crippen molar-refractivity contribution >= 4 is 5.52 Å². The number of aromatic nitrogens is 2. The summed E-state index contributed by atoms with van der Waals surface area (Å²) in [4.78, 5) is 0. The van der Waals surface area contributed by atoms with Crippen LogP contribution in [0.2, 0.25) is 0 Å². The van der Waals surface area contributed by atoms with Crippen molar-refractivity contribution in [3.8, 4) is 5.75 Å². The zero-order chi connectivity index (χ0) is 13.9. The van der Waals surface area contributed by atoms with E-state index in [1.165, 1.54) is 0 Å². The van der Waals surface area contributed by atoms with Gasteiger partial charge in [0, 0.05) is 17.3 Å². The number of para-hydroxylation sites is 1. The number of benzene rings is 1. The van der Waals surface area contributed by atoms with E-state index in [1.807, 2.05) is 55.6 Å². The smallest absolute Gasteiger partial charge is 0.125 e. The first-order valence-corrected chi connectivity index (χ1v) is 6.63. The molecule has 102 valence electrons. The van der Waals surface area contributed by atoms with Crippen molar-refractivity contribution in [3.63, 3.8) is 0 Å². The number of aliphatic hydroxyl groups excluding tert-OH is 1. The van der Waals surface area contributed by atoms with Crippen LogP contribution in [0.25, 0.3) is 5.52 Å². The van der Waals surface area contributed by atoms with E-state index in [-0.39, 0.29) is 0 Å². The maximum atomic E-state index is 10.7. The van der Waals surface area contributed by atoms with Gasteiger partial charge < -0.3 is 9.84 Å². The average Bonchev–Trinajstić information content (AvgIpc) is 2.91. The number of pyridine rings is 1. The molecule has 1 atom stereocenters. The fourth-order valence-corrected chi connectivity index (χ4v) is 2.33. The van der Waals surface area contributed by atoms with Gasteiger partial charge in [0.25, 0.3) is 0 Å². The number of rotatable bonds is 4. The maximum Gasteiger partial charge on any atom is 0.125 e. The zero-order valence-electron chi connectivity index (χ0n) is 11.2. The molecule has 1 aromatic carbocycles. The summed E-state index contributed by atoms with van der Waals surface area (Å²) in [6.07, 6.45) is 2.81. The minimum atomic E-state index is -0.752. The van der Waals surface area contributed by atoms with Gasteiger partial charge >= 0.3 is 0 Å². The van der Waals surface area contributed by atoms with Crippen LogP contribution in [0.3, 0.4) is 0 Å². The number of ether oxygens (including phenoxy) is 1. The van der Waals surface area contributed by atoms with Gasteiger partial charge in [0.2, 0.25) is 0 Å². The number of hydrogen-bond donors (Lipinski definition) is 1. The van der Waals surface area contributed by atoms with E-state index in [4.69, 9.17) is 4.74 Å². The lowest BCUT2D eigenvalue weighted by atomic mass is 10.0. The molecular weight excluding hydrogens is 252 g/mol. The van der Waals surface area contributed by atoms with Crippen molar-refractivity contribution in [1.29, 1.82) is 0 Å². The molecule has 0 radical (unpaired) electrons. The molecule has 4 nitrogen and oxygen atoms in total. The van der Waals surface area contributed by atoms with E-state index in [1.54, 1.807) is 10.7 Å². The first-order valence-electron chi connectivity index (χ1n) is 6.63. The molecule has 0 aliphatic heterocycles. The zero-order valence-corrected chi connectivity index (χ0v) is 11.2. The fourth-order valence-electron chi connectivity index (χ4n) is 2.33. The van der Waals surface area contributed by atoms with Crippen LogP contribution in [0.15, 0.2) is 54.9 Å². The highest BCUT2D eigenvalue weighted by atomic mass is 16.5. The SMILES string of the molecule is CCOc1ccccc1C(O)c1cnn2ccccc12. The highest BCUT2D eigenvalue weighted by molar-refractivity contribution is 5.57. The number of hydrogen-bond acceptors (Lipinski definition) is 3. The Hall–Kier alpha value is -2.33. The molecule has 0 bridgehead atoms. The highest BCUT2D eigenvalue weighted by Gasteiger charge is 2.18. The summed E-state index contributed by atoms with van der Waals surface area (Å²) >= 11 is 0. The molecule has 0 saturated heterocycles. The predicted molar refractivity (Wildman–Crippen MR) is 76.9 cm³/mol. The molecule has 4 heteroatoms. The van der Waals surface area contributed by atoms with E-state index in [0.717, 1.165) is 16.6 Å². The standard InChI is InChI=1S/C16H16N2O2/c1-2-20-15-9-4-3-7-12(15)16(19)13-11-17-18-10-6-5-8-14(13)18/h3-11,16,19H,2H2,1H3. The quantitative estimate of drug-likeness (QED) is 0.791. The number of aliphatic hydroxyl groups is 1. The second-order valence-electron chi connectivity index (χ2n) is 4.50. The van der Waals surface area contributed by atoms with Crippen molar-refractivity contribution in [1.82, 2.24) is 9.61 Å². The molecule has 0 saturated carbocycles. The highest BCUT2D eigenvalue weighted by Crippen LogP contribution is 2.31. The Bertz CT molecular complexity index is 721. The van der Waals surface area contributed by atoms with Crippen molar-refractivity contribution < 1.29 is 9.84 Å². The van der Waals surface area contributed by atoms with Gasteiger partial charge in [-0.1, -0.05) is 24.3 Å². The van der Waals surface area contributed by atoms with Crippen LogP contribution in [-0.4, -0.2) is 21.3 Å². The normalized spacial score (nSPS) is 12.5. The topological polar surface area (TPSA) is 46.8 Å². The van der Waals surface area contributed by atoms with Crippen molar-refractivity contribution in [2.75, 3.05) is 6.61 Å². The Morgan fingerprint density at radius 2 is 1.95 bits per heavy atom. The van der Waals surface area contributed by atoms with Crippen LogP contribution < -0.4 is 4.74 Å². The first kappa shape index (κ1) is 12.7. The van der Waals surface area contributed by atoms with E-state index < -0.39 is 6.10 Å². The molecule has 20 heavy (non-hydrogen) atoms. The molecule has 3 rings (SSSR count). The van der Waals surface area contributed by atoms with Gasteiger partial charge in [-0.25, -0.2) is 4.52 Å². The summed E-state index contributed by atoms with van der Waals surface area (Å²) in [6.45, 7) is 2.50. The Kier molecular flexibility index (Phi) is 3.39. The molecule has 2 heterocycles. The lowest BCUT2D eigenvalue weighted by Gasteiger charge is -2.14. The number of nitrogens with zero attached hydrogens (tertiary/aromatic N) is 2. The molecule has 0 amide bonds. The Labute approximate surface area is 117 Å². The molecule has 0 spiro atoms. The average molecular weight is 268 g/mol. The molecular formula is C16H16N2O2. The molecule has 1 unspecified atom stereocenters. The Balaban J connectivity index is 2.06. The molecule has 1 N–H and O–H groups in total. The molecule has 3 aromatic rings. The summed E-state index contributed by atoms with van der Waals surface area (Å²) in [5.41, 5.74) is 2.43. The summed E-state index contributed by atoms with van der Waals surface area (Å²) in [7, 11) is 0. The van der Waals surface area contributed by atoms with E-state index >= 15 is 0 Å². The molecule has 2 aromatic heterocycles. The Morgan fingerprint density at radius 3 is 2.80 bits per heavy atom. The summed E-state index contributed by atoms with van der Waals surface area (Å²) in [5.74, 6) is 0.706. The van der Waals surface area contributed by atoms with Gasteiger partial charge in [0.1, 0.15) is 11.9 Å². The molecule has 0 fully saturated rings. The van der Waals surface area contributed by atoms with Crippen LogP contribution in [0.1, 0.15) is 24.2 Å². The molecule has 0 aliphatic rings. The van der Waals surface area contributed by atoms with Crippen LogP contribution in [0.5, 0.6) is 5.75 Å². The minimum Gasteiger partial charge on any atom is -0.493 e. The van der Waals surface area contributed by atoms with Crippen LogP contribution in [0.4, 0.5) is 0 Å². The third kappa shape index (κ3) is 2.14. The molecule has 0 aliphatic carbocycles. The second-order valence-corrected chi connectivity index (χ2v) is 4.50. The minimum absolute atomic E-state index is 0.568. The van der Waals surface area contributed by atoms with Gasteiger partial charge in [-0.2, -0.15) is 5.10 Å². The van der Waals surface area contributed by atoms with Crippen LogP contribution >= 0.6 is 0 Å². The van der Waals surface area contributed by atoms with E-state index in [0.29, 0.717) is 12.4 Å². The van der Waals surface area contributed by atoms with Crippen molar-refractivity contribution in [2.24, 2.45) is 0 Å². The van der Waals surface area contributed by atoms with Gasteiger partial charge in [-0.05, 0) is 25.1 Å². The Morgan fingerprint density at radius 1 is 1.15 bits per heavy atom. The maximum absolute atomic E-state index is 10.7. The van der Waals surface area contributed by atoms with Gasteiger partial charge in [0.05, 0.1) is 18.3 Å². The van der Waals surface area contributed by atoms with Crippen molar-refractivity contribution in [2.45, 2.75) is 13.0 Å². The van der Waals surface area contributed by atoms with Crippen molar-refractivity contribution in [3.05, 3.63) is 66.0 Å². The van der Waals surface area contributed by atoms with Gasteiger partial charge in [-0.15, -0.1) is 0 Å². The summed E-state index contributed by atoms with van der Waals surface area (Å²) in [5, 5.41) is 14.9. The second kappa shape index (κ2) is 5.35. The lowest BCUT2D eigenvalue weighted by molar-refractivity contribution is 0.213. The first-order chi connectivity index (χ1) is 9.81. The van der Waals surface area contributed by atoms with Crippen LogP contribution in [-0.2, 0) is 0 Å². The number of fused-ring (bicyclic) bond motifs is 1. The van der Waals surface area contributed by atoms with Crippen LogP contribution in [0, 0.1) is 0 Å². The predicted octanol–water partition coefficient (Wildman–Crippen LogP) is 2.81. The monoisotopic (exact) mass is 268 g/mol. The lowest BCUT2D eigenvalue weighted by Crippen LogP contribution is -2.03. The van der Waals surface area contributed by atoms with Gasteiger partial charge in [0.15, 0.2) is 0 Å². The summed E-state index contributed by atoms with van der Waals surface area (Å²) < 4.78 is 7.33. The van der Waals surface area contributed by atoms with E-state index in [2.05, 4.69) is 5.10 Å². The fraction of sp³-hybridized carbons (Fsp3) is 0.188. The van der Waals surface area contributed by atoms with E-state index in [9.17, 15) is 5.11 Å². The largest absolute Gasteiger partial charge is 0.493 e. The van der Waals surface area contributed by atoms with Gasteiger partial charge in [-0.3, -0.25) is 0 Å². The third-order valence-electron chi connectivity index (χ3n) is 3.26. The summed E-state index contributed by atoms with van der Waals surface area (Å²) in [6, 6.07) is 13.3. The third-order valence-corrected chi connectivity index (χ3v) is 3.26.